The van der Waals surface area contributed by atoms with Crippen molar-refractivity contribution in [1.82, 2.24) is 4.90 Å². The number of allylic oxidation sites excluding steroid dienone is 6. The van der Waals surface area contributed by atoms with E-state index in [1.807, 2.05) is 58.1 Å². The van der Waals surface area contributed by atoms with Crippen molar-refractivity contribution in [3.8, 4) is 0 Å². The molecule has 1 amide bonds. The summed E-state index contributed by atoms with van der Waals surface area (Å²) in [6, 6.07) is -1.16. The Morgan fingerprint density at radius 1 is 0.833 bits per heavy atom. The third kappa shape index (κ3) is 14.6. The van der Waals surface area contributed by atoms with E-state index in [1.165, 1.54) is 12.0 Å². The van der Waals surface area contributed by atoms with Gasteiger partial charge < -0.3 is 43.9 Å². The molecule has 0 aromatic carbocycles. The van der Waals surface area contributed by atoms with Gasteiger partial charge in [-0.15, -0.1) is 0 Å². The van der Waals surface area contributed by atoms with Crippen molar-refractivity contribution in [3.05, 3.63) is 47.6 Å². The number of carbonyl (C=O) groups excluding carboxylic acids is 5. The van der Waals surface area contributed by atoms with E-state index < -0.39 is 83.7 Å². The SMILES string of the molecule is COC[C@H]1C[C@@H]2CC[C@@H](C)[C@@](O)(O2)C(=O)C(=O)N2CCC[C@H](C)[C@H]2C(=O)O[C@H](CC[C@@H]2CC[C@@H](O)[C@H](OC)C2)CC(=O)[C@H](C)/C=C(\C)[C@@H](O)[C@@H](OC)C(=O)[C@H](C)C[C@H](C)/C=C/C=CC=C1C. The average Bonchev–Trinajstić information content (AvgIpc) is 3.28. The molecule has 66 heavy (non-hydrogen) atoms. The van der Waals surface area contributed by atoms with Crippen LogP contribution in [0.15, 0.2) is 47.6 Å². The molecule has 1 saturated carbocycles. The minimum absolute atomic E-state index is 0.0243. The second-order valence-electron chi connectivity index (χ2n) is 20.0. The van der Waals surface area contributed by atoms with Crippen molar-refractivity contribution in [3.63, 3.8) is 0 Å². The second-order valence-corrected chi connectivity index (χ2v) is 20.0. The van der Waals surface area contributed by atoms with Gasteiger partial charge in [0, 0.05) is 58.0 Å². The van der Waals surface area contributed by atoms with E-state index in [1.54, 1.807) is 41.1 Å². The molecule has 372 valence electrons. The minimum atomic E-state index is -2.42. The fraction of sp³-hybridized carbons (Fsp3) is 0.750. The van der Waals surface area contributed by atoms with E-state index in [4.69, 9.17) is 23.7 Å². The third-order valence-corrected chi connectivity index (χ3v) is 14.8. The molecule has 1 aliphatic carbocycles. The number of Topliss-reactive ketones (excluding diaryl/α,β-unsaturated/α-hetero) is 3. The lowest BCUT2D eigenvalue weighted by Crippen LogP contribution is -2.62. The number of amides is 1. The first-order chi connectivity index (χ1) is 31.2. The van der Waals surface area contributed by atoms with Crippen LogP contribution in [0.1, 0.15) is 126 Å². The van der Waals surface area contributed by atoms with Gasteiger partial charge in [0.15, 0.2) is 5.78 Å². The number of fused-ring (bicyclic) bond motifs is 3. The molecule has 2 saturated heterocycles. The fourth-order valence-corrected chi connectivity index (χ4v) is 10.4. The third-order valence-electron chi connectivity index (χ3n) is 14.8. The number of piperidine rings is 1. The van der Waals surface area contributed by atoms with E-state index in [0.717, 1.165) is 12.0 Å². The molecule has 0 unspecified atom stereocenters. The highest BCUT2D eigenvalue weighted by Crippen LogP contribution is 2.38. The minimum Gasteiger partial charge on any atom is -0.460 e. The molecular formula is C52H81NO13. The van der Waals surface area contributed by atoms with Crippen molar-refractivity contribution in [2.45, 2.75) is 174 Å². The summed E-state index contributed by atoms with van der Waals surface area (Å²) in [4.78, 5) is 72.1. The van der Waals surface area contributed by atoms with Gasteiger partial charge in [0.1, 0.15) is 30.1 Å². The summed E-state index contributed by atoms with van der Waals surface area (Å²) in [6.45, 7) is 13.1. The first-order valence-electron chi connectivity index (χ1n) is 24.4. The monoisotopic (exact) mass is 928 g/mol. The van der Waals surface area contributed by atoms with Crippen LogP contribution < -0.4 is 0 Å². The van der Waals surface area contributed by atoms with E-state index in [0.29, 0.717) is 76.4 Å². The Morgan fingerprint density at radius 2 is 1.56 bits per heavy atom. The molecule has 4 aliphatic rings. The lowest BCUT2D eigenvalue weighted by molar-refractivity contribution is -0.265. The zero-order chi connectivity index (χ0) is 48.9. The molecule has 0 spiro atoms. The molecule has 2 bridgehead atoms. The molecule has 4 rings (SSSR count). The summed E-state index contributed by atoms with van der Waals surface area (Å²) in [5.41, 5.74) is 1.38. The number of aliphatic hydroxyl groups is 3. The number of aliphatic hydroxyl groups excluding tert-OH is 2. The molecule has 3 fully saturated rings. The van der Waals surface area contributed by atoms with Crippen molar-refractivity contribution in [2.75, 3.05) is 34.5 Å². The Kier molecular flexibility index (Phi) is 21.6. The highest BCUT2D eigenvalue weighted by molar-refractivity contribution is 6.39. The Balaban J connectivity index is 1.71. The van der Waals surface area contributed by atoms with Crippen LogP contribution in [0.4, 0.5) is 0 Å². The van der Waals surface area contributed by atoms with Gasteiger partial charge in [-0.25, -0.2) is 4.79 Å². The molecule has 3 aliphatic heterocycles. The van der Waals surface area contributed by atoms with Gasteiger partial charge in [-0.3, -0.25) is 19.2 Å². The van der Waals surface area contributed by atoms with E-state index in [-0.39, 0.29) is 48.4 Å². The van der Waals surface area contributed by atoms with Crippen LogP contribution in [0.3, 0.4) is 0 Å². The molecule has 3 N–H and O–H groups in total. The van der Waals surface area contributed by atoms with Gasteiger partial charge in [-0.1, -0.05) is 76.6 Å². The topological polar surface area (TPSA) is 195 Å². The summed E-state index contributed by atoms with van der Waals surface area (Å²) < 4.78 is 29.2. The van der Waals surface area contributed by atoms with Gasteiger partial charge in [-0.05, 0) is 108 Å². The Labute approximate surface area is 393 Å². The van der Waals surface area contributed by atoms with E-state index >= 15 is 0 Å². The number of cyclic esters (lactones) is 1. The normalized spacial score (nSPS) is 39.3. The van der Waals surface area contributed by atoms with Crippen molar-refractivity contribution in [1.29, 1.82) is 0 Å². The van der Waals surface area contributed by atoms with Crippen molar-refractivity contribution < 1.29 is 63.0 Å². The van der Waals surface area contributed by atoms with E-state index in [9.17, 15) is 39.3 Å². The van der Waals surface area contributed by atoms with Crippen LogP contribution in [0, 0.1) is 41.4 Å². The van der Waals surface area contributed by atoms with Crippen LogP contribution in [0.25, 0.3) is 0 Å². The highest BCUT2D eigenvalue weighted by atomic mass is 16.6. The molecule has 0 radical (unpaired) electrons. The van der Waals surface area contributed by atoms with Gasteiger partial charge >= 0.3 is 5.97 Å². The predicted molar refractivity (Wildman–Crippen MR) is 250 cm³/mol. The zero-order valence-corrected chi connectivity index (χ0v) is 41.3. The highest BCUT2D eigenvalue weighted by Gasteiger charge is 2.53. The van der Waals surface area contributed by atoms with Crippen LogP contribution >= 0.6 is 0 Å². The fourth-order valence-electron chi connectivity index (χ4n) is 10.4. The summed E-state index contributed by atoms with van der Waals surface area (Å²) in [5.74, 6) is -8.07. The number of hydrogen-bond donors (Lipinski definition) is 3. The molecule has 3 heterocycles. The van der Waals surface area contributed by atoms with Crippen LogP contribution in [-0.4, -0.2) is 132 Å². The number of nitrogens with zero attached hydrogens (tertiary/aromatic N) is 1. The van der Waals surface area contributed by atoms with E-state index in [2.05, 4.69) is 0 Å². The summed E-state index contributed by atoms with van der Waals surface area (Å²) in [5, 5.41) is 33.9. The molecular weight excluding hydrogens is 847 g/mol. The first-order valence-corrected chi connectivity index (χ1v) is 24.4. The quantitative estimate of drug-likeness (QED) is 0.144. The second kappa shape index (κ2) is 25.8. The van der Waals surface area contributed by atoms with Crippen molar-refractivity contribution in [2.24, 2.45) is 41.4 Å². The molecule has 0 aromatic heterocycles. The largest absolute Gasteiger partial charge is 0.460 e. The number of methoxy groups -OCH3 is 3. The number of hydrogen-bond acceptors (Lipinski definition) is 13. The lowest BCUT2D eigenvalue weighted by Gasteiger charge is -2.43. The average molecular weight is 928 g/mol. The number of carbonyl (C=O) groups is 5. The zero-order valence-electron chi connectivity index (χ0n) is 41.3. The van der Waals surface area contributed by atoms with Crippen LogP contribution in [0.2, 0.25) is 0 Å². The maximum Gasteiger partial charge on any atom is 0.329 e. The summed E-state index contributed by atoms with van der Waals surface area (Å²) in [6.07, 6.45) is 12.1. The molecule has 14 nitrogen and oxygen atoms in total. The first kappa shape index (κ1) is 55.2. The standard InChI is InChI=1S/C52H81NO13/c1-31-15-12-11-13-16-32(2)39(30-62-8)28-41-21-18-37(7)52(61,66-41)49(58)50(59)53-24-14-17-33(3)45(53)51(60)65-40(22-19-38-20-23-42(54)44(27-38)63-9)29-43(55)34(4)26-36(6)47(57)48(64-10)46(56)35(5)25-31/h11-13,15-16,26,31,33-35,37-42,44-45,47-48,54,57,61H,14,17-25,27-30H2,1-10H3/b13-11?,15-12+,32-16?,36-26+/t31-,33+,34-,35-,37-,38-,39-,40-,41+,42-,44-,45+,47-,48+,52-/m1/s1. The molecule has 14 heteroatoms. The number of rotatable bonds is 7. The lowest BCUT2D eigenvalue weighted by atomic mass is 9.81. The van der Waals surface area contributed by atoms with Gasteiger partial charge in [0.2, 0.25) is 5.79 Å². The Bertz CT molecular complexity index is 1770. The van der Waals surface area contributed by atoms with Crippen LogP contribution in [-0.2, 0) is 47.7 Å². The van der Waals surface area contributed by atoms with Gasteiger partial charge in [0.25, 0.3) is 11.7 Å². The number of ketones is 3. The molecule has 15 atom stereocenters. The summed E-state index contributed by atoms with van der Waals surface area (Å²) in [7, 11) is 4.55. The van der Waals surface area contributed by atoms with Crippen LogP contribution in [0.5, 0.6) is 0 Å². The van der Waals surface area contributed by atoms with Gasteiger partial charge in [0.05, 0.1) is 24.9 Å². The molecule has 0 aromatic rings. The van der Waals surface area contributed by atoms with Crippen molar-refractivity contribution >= 4 is 29.2 Å². The smallest absolute Gasteiger partial charge is 0.329 e. The Morgan fingerprint density at radius 3 is 2.24 bits per heavy atom. The number of ether oxygens (including phenoxy) is 5. The maximum absolute atomic E-state index is 14.5. The maximum atomic E-state index is 14.5. The predicted octanol–water partition coefficient (Wildman–Crippen LogP) is 6.43. The summed E-state index contributed by atoms with van der Waals surface area (Å²) >= 11 is 0. The number of esters is 1. The Hall–Kier alpha value is -3.37. The van der Waals surface area contributed by atoms with Gasteiger partial charge in [-0.2, -0.15) is 0 Å².